The van der Waals surface area contributed by atoms with Gasteiger partial charge in [0.1, 0.15) is 0 Å². The monoisotopic (exact) mass is 663 g/mol. The van der Waals surface area contributed by atoms with E-state index in [9.17, 15) is 39.7 Å². The normalized spacial score (nSPS) is 20.1. The molecule has 1 saturated heterocycles. The van der Waals surface area contributed by atoms with Crippen LogP contribution in [0, 0.1) is 20.2 Å². The maximum atomic E-state index is 12.1. The summed E-state index contributed by atoms with van der Waals surface area (Å²) in [6.07, 6.45) is -5.62. The summed E-state index contributed by atoms with van der Waals surface area (Å²) >= 11 is 3.14. The Bertz CT molecular complexity index is 1650. The lowest BCUT2D eigenvalue weighted by Crippen LogP contribution is -2.55. The van der Waals surface area contributed by atoms with Gasteiger partial charge in [-0.3, -0.25) is 39.2 Å². The number of fused-ring (bicyclic) bond motifs is 1. The topological polar surface area (TPSA) is 224 Å². The van der Waals surface area contributed by atoms with E-state index in [1.165, 1.54) is 30.3 Å². The van der Waals surface area contributed by atoms with Gasteiger partial charge >= 0.3 is 17.9 Å². The molecule has 43 heavy (non-hydrogen) atoms. The van der Waals surface area contributed by atoms with Crippen LogP contribution < -0.4 is 0 Å². The minimum Gasteiger partial charge on any atom is -0.493 e. The first-order valence-corrected chi connectivity index (χ1v) is 13.1. The Morgan fingerprint density at radius 3 is 2.12 bits per heavy atom. The Balaban J connectivity index is 1.91. The molecular weight excluding hydrogens is 642 g/mol. The first-order valence-electron chi connectivity index (χ1n) is 12.3. The summed E-state index contributed by atoms with van der Waals surface area (Å²) in [4.78, 5) is 57.3. The summed E-state index contributed by atoms with van der Waals surface area (Å²) < 4.78 is 23.0. The molecule has 4 rings (SSSR count). The van der Waals surface area contributed by atoms with Crippen LogP contribution in [-0.2, 0) is 33.3 Å². The first kappa shape index (κ1) is 31.0. The number of halogens is 1. The molecule has 1 aliphatic heterocycles. The standard InChI is InChI=1S/C25H22BrN5O12/c1-11(32)41-20-10-40-25(23(43-13(3)34)22(20)42-12(2)33)29-18-9-19(31(38)39)17(26)8-16(18)21(24(29)35)28-27-14-4-6-15(7-5-14)30(36)37/h4-9,20,22-23,25,35H,10H2,1-3H3/t20-,22+,23+,25+/m1/s1. The molecule has 17 nitrogen and oxygen atoms in total. The molecule has 4 atom stereocenters. The zero-order chi connectivity index (χ0) is 31.6. The van der Waals surface area contributed by atoms with Gasteiger partial charge in [-0.25, -0.2) is 0 Å². The average Bonchev–Trinajstić information content (AvgIpc) is 3.18. The van der Waals surface area contributed by atoms with Gasteiger partial charge in [-0.15, -0.1) is 5.11 Å². The molecule has 0 unspecified atom stereocenters. The van der Waals surface area contributed by atoms with Crippen molar-refractivity contribution in [3.8, 4) is 5.88 Å². The molecule has 1 fully saturated rings. The highest BCUT2D eigenvalue weighted by Crippen LogP contribution is 2.47. The van der Waals surface area contributed by atoms with Crippen LogP contribution in [0.2, 0.25) is 0 Å². The number of carbonyl (C=O) groups excluding carboxylic acids is 3. The zero-order valence-corrected chi connectivity index (χ0v) is 24.1. The summed E-state index contributed by atoms with van der Waals surface area (Å²) in [7, 11) is 0. The molecule has 0 aliphatic carbocycles. The number of nitro groups is 2. The van der Waals surface area contributed by atoms with Gasteiger partial charge in [0.15, 0.2) is 30.2 Å². The highest BCUT2D eigenvalue weighted by atomic mass is 79.9. The number of hydrogen-bond acceptors (Lipinski definition) is 14. The number of aromatic hydroxyl groups is 1. The Kier molecular flexibility index (Phi) is 9.00. The number of hydrogen-bond donors (Lipinski definition) is 1. The lowest BCUT2D eigenvalue weighted by atomic mass is 10.0. The van der Waals surface area contributed by atoms with E-state index in [1.54, 1.807) is 0 Å². The summed E-state index contributed by atoms with van der Waals surface area (Å²) in [5.74, 6) is -3.03. The van der Waals surface area contributed by atoms with Gasteiger partial charge in [0.2, 0.25) is 5.88 Å². The summed E-state index contributed by atoms with van der Waals surface area (Å²) in [6, 6.07) is 7.45. The number of nitrogens with zero attached hydrogens (tertiary/aromatic N) is 5. The van der Waals surface area contributed by atoms with Crippen LogP contribution in [-0.4, -0.2) is 62.3 Å². The summed E-state index contributed by atoms with van der Waals surface area (Å²) in [6.45, 7) is 2.87. The van der Waals surface area contributed by atoms with E-state index in [0.29, 0.717) is 0 Å². The van der Waals surface area contributed by atoms with Crippen LogP contribution in [0.15, 0.2) is 51.1 Å². The average molecular weight is 664 g/mol. The highest BCUT2D eigenvalue weighted by Gasteiger charge is 2.49. The molecule has 0 saturated carbocycles. The molecule has 3 aromatic rings. The van der Waals surface area contributed by atoms with Crippen LogP contribution in [0.4, 0.5) is 22.7 Å². The molecule has 2 aromatic carbocycles. The van der Waals surface area contributed by atoms with Gasteiger partial charge < -0.3 is 24.1 Å². The van der Waals surface area contributed by atoms with Gasteiger partial charge in [-0.1, -0.05) is 0 Å². The third kappa shape index (κ3) is 6.59. The van der Waals surface area contributed by atoms with E-state index < -0.39 is 70.5 Å². The van der Waals surface area contributed by atoms with E-state index in [0.717, 1.165) is 31.4 Å². The molecule has 0 bridgehead atoms. The second-order valence-corrected chi connectivity index (χ2v) is 9.97. The fourth-order valence-electron chi connectivity index (χ4n) is 4.48. The summed E-state index contributed by atoms with van der Waals surface area (Å²) in [5.41, 5.74) is -0.619. The number of aromatic nitrogens is 1. The molecule has 1 N–H and O–H groups in total. The van der Waals surface area contributed by atoms with Gasteiger partial charge in [0.05, 0.1) is 32.1 Å². The Labute approximate surface area is 249 Å². The smallest absolute Gasteiger partial charge is 0.303 e. The number of benzene rings is 2. The van der Waals surface area contributed by atoms with Crippen LogP contribution in [0.5, 0.6) is 5.88 Å². The third-order valence-electron chi connectivity index (χ3n) is 6.12. The fraction of sp³-hybridized carbons (Fsp3) is 0.320. The van der Waals surface area contributed by atoms with Crippen molar-refractivity contribution in [2.75, 3.05) is 6.61 Å². The SMILES string of the molecule is CC(=O)O[C@@H]1[C@H](OC(C)=O)[C@@H](n2c(O)c(N=Nc3ccc([N+](=O)[O-])cc3)c3cc(Br)c([N+](=O)[O-])cc32)OC[C@H]1OC(C)=O. The van der Waals surface area contributed by atoms with E-state index in [2.05, 4.69) is 26.2 Å². The lowest BCUT2D eigenvalue weighted by molar-refractivity contribution is -0.385. The van der Waals surface area contributed by atoms with Gasteiger partial charge in [0.25, 0.3) is 11.4 Å². The van der Waals surface area contributed by atoms with Crippen molar-refractivity contribution in [2.24, 2.45) is 10.2 Å². The molecule has 2 heterocycles. The highest BCUT2D eigenvalue weighted by molar-refractivity contribution is 9.10. The number of ether oxygens (including phenoxy) is 4. The van der Waals surface area contributed by atoms with Crippen molar-refractivity contribution in [1.29, 1.82) is 0 Å². The molecule has 226 valence electrons. The minimum atomic E-state index is -1.52. The molecule has 18 heteroatoms. The predicted molar refractivity (Wildman–Crippen MR) is 147 cm³/mol. The van der Waals surface area contributed by atoms with Crippen molar-refractivity contribution < 1.29 is 48.3 Å². The number of azo groups is 1. The largest absolute Gasteiger partial charge is 0.493 e. The number of non-ortho nitro benzene ring substituents is 1. The molecule has 1 aliphatic rings. The second-order valence-electron chi connectivity index (χ2n) is 9.11. The number of nitro benzene ring substituents is 2. The summed E-state index contributed by atoms with van der Waals surface area (Å²) in [5, 5.41) is 42.4. The molecule has 1 aromatic heterocycles. The zero-order valence-electron chi connectivity index (χ0n) is 22.5. The van der Waals surface area contributed by atoms with E-state index >= 15 is 0 Å². The number of carbonyl (C=O) groups is 3. The quantitative estimate of drug-likeness (QED) is 0.114. The van der Waals surface area contributed by atoms with Gasteiger partial charge in [0, 0.05) is 44.4 Å². The van der Waals surface area contributed by atoms with E-state index in [-0.39, 0.29) is 32.4 Å². The Morgan fingerprint density at radius 1 is 0.953 bits per heavy atom. The maximum absolute atomic E-state index is 12.1. The van der Waals surface area contributed by atoms with Crippen LogP contribution in [0.3, 0.4) is 0 Å². The van der Waals surface area contributed by atoms with Crippen molar-refractivity contribution in [3.63, 3.8) is 0 Å². The van der Waals surface area contributed by atoms with Crippen LogP contribution >= 0.6 is 15.9 Å². The Morgan fingerprint density at radius 2 is 1.56 bits per heavy atom. The van der Waals surface area contributed by atoms with E-state index in [4.69, 9.17) is 18.9 Å². The Hall–Kier alpha value is -4.97. The molecule has 0 spiro atoms. The lowest BCUT2D eigenvalue weighted by Gasteiger charge is -2.41. The molecular formula is C25H22BrN5O12. The van der Waals surface area contributed by atoms with Gasteiger partial charge in [-0.05, 0) is 34.1 Å². The van der Waals surface area contributed by atoms with Crippen molar-refractivity contribution in [1.82, 2.24) is 4.57 Å². The fourth-order valence-corrected chi connectivity index (χ4v) is 4.97. The second kappa shape index (κ2) is 12.5. The first-order chi connectivity index (χ1) is 20.3. The van der Waals surface area contributed by atoms with Crippen LogP contribution in [0.25, 0.3) is 10.9 Å². The molecule has 0 radical (unpaired) electrons. The minimum absolute atomic E-state index is 0.0142. The maximum Gasteiger partial charge on any atom is 0.303 e. The van der Waals surface area contributed by atoms with Crippen molar-refractivity contribution in [2.45, 2.75) is 45.3 Å². The van der Waals surface area contributed by atoms with Crippen LogP contribution in [0.1, 0.15) is 27.0 Å². The predicted octanol–water partition coefficient (Wildman–Crippen LogP) is 4.67. The number of esters is 3. The number of rotatable bonds is 8. The van der Waals surface area contributed by atoms with E-state index in [1.807, 2.05) is 0 Å². The molecule has 0 amide bonds. The third-order valence-corrected chi connectivity index (χ3v) is 6.76. The van der Waals surface area contributed by atoms with Crippen molar-refractivity contribution in [3.05, 3.63) is 61.1 Å². The van der Waals surface area contributed by atoms with Crippen molar-refractivity contribution >= 4 is 67.5 Å². The van der Waals surface area contributed by atoms with Gasteiger partial charge in [-0.2, -0.15) is 5.11 Å².